The van der Waals surface area contributed by atoms with Crippen LogP contribution in [0, 0.1) is 0 Å². The Morgan fingerprint density at radius 1 is 0.714 bits per heavy atom. The molecular weight excluding hydrogens is 167 g/mol. The maximum atomic E-state index is 6.50. The summed E-state index contributed by atoms with van der Waals surface area (Å²) in [5.74, 6) is 3.50. The van der Waals surface area contributed by atoms with Gasteiger partial charge in [0.15, 0.2) is 0 Å². The quantitative estimate of drug-likeness (QED) is 0.567. The van der Waals surface area contributed by atoms with Crippen molar-refractivity contribution in [2.75, 3.05) is 0 Å². The minimum atomic E-state index is 0. The molecule has 0 spiro atoms. The van der Waals surface area contributed by atoms with E-state index in [1.54, 1.807) is 0 Å². The molecule has 0 aliphatic rings. The molecule has 0 unspecified atom stereocenters. The summed E-state index contributed by atoms with van der Waals surface area (Å²) < 4.78 is 0. The molecule has 1 radical (unpaired) electrons. The molecule has 0 bridgehead atoms. The molecular formula is C4H19NOY. The van der Waals surface area contributed by atoms with Crippen LogP contribution < -0.4 is 5.90 Å². The summed E-state index contributed by atoms with van der Waals surface area (Å²) in [6.45, 7) is 0. The van der Waals surface area contributed by atoms with Crippen LogP contribution in [0.25, 0.3) is 0 Å². The van der Waals surface area contributed by atoms with Crippen molar-refractivity contribution in [2.45, 2.75) is 29.7 Å². The van der Waals surface area contributed by atoms with Crippen LogP contribution in [-0.2, 0) is 32.7 Å². The maximum absolute atomic E-state index is 6.50. The summed E-state index contributed by atoms with van der Waals surface area (Å²) >= 11 is 0. The second-order valence-corrected chi connectivity index (χ2v) is 0. The minimum Gasteiger partial charge on any atom is -0.320 e. The standard InChI is InChI=1S/4CH4.H3NO.Y/c;;;;1-2;/h4*1H4;2H,1H2;. The van der Waals surface area contributed by atoms with E-state index in [4.69, 9.17) is 5.21 Å². The Labute approximate surface area is 73.3 Å². The van der Waals surface area contributed by atoms with Gasteiger partial charge in [-0.2, -0.15) is 0 Å². The molecule has 3 heteroatoms. The van der Waals surface area contributed by atoms with Gasteiger partial charge < -0.3 is 5.21 Å². The van der Waals surface area contributed by atoms with Gasteiger partial charge in [-0.1, -0.05) is 29.7 Å². The van der Waals surface area contributed by atoms with Crippen LogP contribution >= 0.6 is 0 Å². The van der Waals surface area contributed by atoms with E-state index >= 15 is 0 Å². The van der Waals surface area contributed by atoms with Gasteiger partial charge in [0.05, 0.1) is 0 Å². The largest absolute Gasteiger partial charge is 0.320 e. The molecule has 3 N–H and O–H groups in total. The zero-order valence-corrected chi connectivity index (χ0v) is 4.44. The molecule has 49 valence electrons. The Morgan fingerprint density at radius 3 is 0.714 bits per heavy atom. The fraction of sp³-hybridized carbons (Fsp3) is 1.00. The third-order valence-electron chi connectivity index (χ3n) is 0. The van der Waals surface area contributed by atoms with Crippen molar-refractivity contribution in [3.8, 4) is 0 Å². The van der Waals surface area contributed by atoms with Crippen molar-refractivity contribution < 1.29 is 37.9 Å². The summed E-state index contributed by atoms with van der Waals surface area (Å²) in [5, 5.41) is 6.50. The van der Waals surface area contributed by atoms with E-state index in [9.17, 15) is 0 Å². The molecule has 0 rings (SSSR count). The van der Waals surface area contributed by atoms with Crippen LogP contribution in [0.1, 0.15) is 29.7 Å². The molecule has 0 aromatic heterocycles. The Morgan fingerprint density at radius 2 is 0.714 bits per heavy atom. The molecule has 0 amide bonds. The van der Waals surface area contributed by atoms with E-state index in [1.165, 1.54) is 0 Å². The van der Waals surface area contributed by atoms with Gasteiger partial charge in [0.1, 0.15) is 0 Å². The van der Waals surface area contributed by atoms with Gasteiger partial charge in [0.2, 0.25) is 0 Å². The fourth-order valence-electron chi connectivity index (χ4n) is 0. The zero-order chi connectivity index (χ0) is 2.00. The first-order chi connectivity index (χ1) is 1.00. The third-order valence-corrected chi connectivity index (χ3v) is 0. The summed E-state index contributed by atoms with van der Waals surface area (Å²) in [4.78, 5) is 0. The Balaban J connectivity index is -0.000000000500. The average Bonchev–Trinajstić information content (AvgIpc) is 1.00. The van der Waals surface area contributed by atoms with Crippen molar-refractivity contribution >= 4 is 0 Å². The summed E-state index contributed by atoms with van der Waals surface area (Å²) in [5.41, 5.74) is 0. The second-order valence-electron chi connectivity index (χ2n) is 0. The Bertz CT molecular complexity index is 11.7. The number of rotatable bonds is 0. The molecule has 2 nitrogen and oxygen atoms in total. The van der Waals surface area contributed by atoms with Crippen molar-refractivity contribution in [1.82, 2.24) is 0 Å². The van der Waals surface area contributed by atoms with E-state index in [2.05, 4.69) is 5.90 Å². The van der Waals surface area contributed by atoms with E-state index in [-0.39, 0.29) is 62.4 Å². The van der Waals surface area contributed by atoms with Crippen molar-refractivity contribution in [1.29, 1.82) is 0 Å². The molecule has 0 saturated carbocycles. The Hall–Kier alpha value is 1.02. The average molecular weight is 186 g/mol. The predicted molar refractivity (Wildman–Crippen MR) is 32.9 cm³/mol. The first-order valence-corrected chi connectivity index (χ1v) is 0.258. The molecule has 0 aromatic carbocycles. The molecule has 0 aliphatic carbocycles. The van der Waals surface area contributed by atoms with Crippen LogP contribution in [-0.4, -0.2) is 5.21 Å². The van der Waals surface area contributed by atoms with E-state index < -0.39 is 0 Å². The van der Waals surface area contributed by atoms with Crippen LogP contribution in [0.3, 0.4) is 0 Å². The van der Waals surface area contributed by atoms with E-state index in [0.717, 1.165) is 0 Å². The monoisotopic (exact) mass is 186 g/mol. The summed E-state index contributed by atoms with van der Waals surface area (Å²) in [6.07, 6.45) is 0. The van der Waals surface area contributed by atoms with Gasteiger partial charge in [-0.15, -0.1) is 0 Å². The van der Waals surface area contributed by atoms with Crippen LogP contribution in [0.2, 0.25) is 0 Å². The zero-order valence-electron chi connectivity index (χ0n) is 1.60. The molecule has 0 aromatic rings. The molecule has 0 aliphatic heterocycles. The minimum absolute atomic E-state index is 0. The van der Waals surface area contributed by atoms with Crippen LogP contribution in [0.5, 0.6) is 0 Å². The van der Waals surface area contributed by atoms with Crippen molar-refractivity contribution in [2.24, 2.45) is 5.90 Å². The SMILES string of the molecule is C.C.C.C.NO.[Y]. The number of hydrogen-bond acceptors (Lipinski definition) is 2. The number of nitrogens with two attached hydrogens (primary N) is 1. The summed E-state index contributed by atoms with van der Waals surface area (Å²) in [7, 11) is 0. The van der Waals surface area contributed by atoms with E-state index in [1.807, 2.05) is 0 Å². The van der Waals surface area contributed by atoms with Crippen molar-refractivity contribution in [3.63, 3.8) is 0 Å². The number of hydrogen-bond donors (Lipinski definition) is 2. The van der Waals surface area contributed by atoms with Crippen LogP contribution in [0.15, 0.2) is 0 Å². The molecule has 0 heterocycles. The molecule has 0 saturated heterocycles. The van der Waals surface area contributed by atoms with Gasteiger partial charge in [-0.05, 0) is 0 Å². The van der Waals surface area contributed by atoms with Gasteiger partial charge in [0, 0.05) is 32.7 Å². The normalized spacial score (nSPS) is 0.857. The molecule has 0 fully saturated rings. The predicted octanol–water partition coefficient (Wildman–Crippen LogP) is 1.88. The first-order valence-electron chi connectivity index (χ1n) is 0.258. The first kappa shape index (κ1) is 96.6. The van der Waals surface area contributed by atoms with E-state index in [0.29, 0.717) is 0 Å². The maximum Gasteiger partial charge on any atom is 0 e. The van der Waals surface area contributed by atoms with Gasteiger partial charge in [-0.25, -0.2) is 5.90 Å². The summed E-state index contributed by atoms with van der Waals surface area (Å²) in [6, 6.07) is 0. The second kappa shape index (κ2) is 243. The molecule has 7 heavy (non-hydrogen) atoms. The fourth-order valence-corrected chi connectivity index (χ4v) is 0. The van der Waals surface area contributed by atoms with Gasteiger partial charge in [-0.3, -0.25) is 0 Å². The van der Waals surface area contributed by atoms with Crippen LogP contribution in [0.4, 0.5) is 0 Å². The van der Waals surface area contributed by atoms with Crippen molar-refractivity contribution in [3.05, 3.63) is 0 Å². The van der Waals surface area contributed by atoms with Gasteiger partial charge >= 0.3 is 0 Å². The third kappa shape index (κ3) is 169. The van der Waals surface area contributed by atoms with Gasteiger partial charge in [0.25, 0.3) is 0 Å². The molecule has 0 atom stereocenters. The smallest absolute Gasteiger partial charge is 0 e. The topological polar surface area (TPSA) is 46.2 Å². The Kier molecular flexibility index (Phi) is 3360.